The summed E-state index contributed by atoms with van der Waals surface area (Å²) >= 11 is 0. The first-order valence-electron chi connectivity index (χ1n) is 5.58. The van der Waals surface area contributed by atoms with Crippen LogP contribution in [0.25, 0.3) is 0 Å². The van der Waals surface area contributed by atoms with Gasteiger partial charge >= 0.3 is 0 Å². The summed E-state index contributed by atoms with van der Waals surface area (Å²) in [7, 11) is 0. The third-order valence-corrected chi connectivity index (χ3v) is 3.07. The Morgan fingerprint density at radius 3 is 2.50 bits per heavy atom. The Morgan fingerprint density at radius 2 is 1.92 bits per heavy atom. The minimum Gasteiger partial charge on any atom is -0.314 e. The summed E-state index contributed by atoms with van der Waals surface area (Å²) in [4.78, 5) is 0. The lowest BCUT2D eigenvalue weighted by Crippen LogP contribution is -2.35. The molecule has 0 aromatic carbocycles. The Labute approximate surface area is 76.9 Å². The second-order valence-electron chi connectivity index (χ2n) is 4.14. The van der Waals surface area contributed by atoms with E-state index in [2.05, 4.69) is 19.2 Å². The van der Waals surface area contributed by atoms with Crippen LogP contribution in [0.1, 0.15) is 52.4 Å². The second kappa shape index (κ2) is 5.58. The standard InChI is InChI=1S/C11H23N/c1-3-9-12-10(2)11-7-5-4-6-8-11/h10-12H,3-9H2,1-2H3/t10-/m0/s1. The molecule has 0 saturated heterocycles. The van der Waals surface area contributed by atoms with Crippen molar-refractivity contribution in [3.8, 4) is 0 Å². The van der Waals surface area contributed by atoms with E-state index < -0.39 is 0 Å². The van der Waals surface area contributed by atoms with Crippen molar-refractivity contribution in [2.45, 2.75) is 58.4 Å². The van der Waals surface area contributed by atoms with Gasteiger partial charge in [-0.05, 0) is 38.6 Å². The molecule has 0 aromatic heterocycles. The maximum atomic E-state index is 3.60. The molecular weight excluding hydrogens is 146 g/mol. The van der Waals surface area contributed by atoms with E-state index >= 15 is 0 Å². The molecule has 0 amide bonds. The molecular formula is C11H23N. The number of hydrogen-bond donors (Lipinski definition) is 1. The molecule has 72 valence electrons. The Hall–Kier alpha value is -0.0400. The monoisotopic (exact) mass is 169 g/mol. The maximum Gasteiger partial charge on any atom is 0.00669 e. The second-order valence-corrected chi connectivity index (χ2v) is 4.14. The first-order chi connectivity index (χ1) is 5.84. The minimum atomic E-state index is 0.755. The fourth-order valence-corrected chi connectivity index (χ4v) is 2.17. The van der Waals surface area contributed by atoms with Gasteiger partial charge in [0.15, 0.2) is 0 Å². The summed E-state index contributed by atoms with van der Waals surface area (Å²) in [6, 6.07) is 0.755. The van der Waals surface area contributed by atoms with Gasteiger partial charge in [0.25, 0.3) is 0 Å². The van der Waals surface area contributed by atoms with Crippen molar-refractivity contribution in [1.82, 2.24) is 5.32 Å². The van der Waals surface area contributed by atoms with Crippen LogP contribution in [0.3, 0.4) is 0 Å². The van der Waals surface area contributed by atoms with E-state index in [0.29, 0.717) is 0 Å². The summed E-state index contributed by atoms with van der Waals surface area (Å²) in [6.07, 6.45) is 8.56. The molecule has 1 nitrogen and oxygen atoms in total. The minimum absolute atomic E-state index is 0.755. The van der Waals surface area contributed by atoms with Crippen LogP contribution in [0, 0.1) is 5.92 Å². The van der Waals surface area contributed by atoms with Crippen LogP contribution in [-0.4, -0.2) is 12.6 Å². The van der Waals surface area contributed by atoms with Crippen LogP contribution >= 0.6 is 0 Å². The average molecular weight is 169 g/mol. The van der Waals surface area contributed by atoms with Gasteiger partial charge < -0.3 is 5.32 Å². The third kappa shape index (κ3) is 3.14. The molecule has 1 rings (SSSR count). The van der Waals surface area contributed by atoms with Crippen molar-refractivity contribution >= 4 is 0 Å². The summed E-state index contributed by atoms with van der Waals surface area (Å²) in [6.45, 7) is 5.78. The molecule has 1 aliphatic rings. The van der Waals surface area contributed by atoms with Gasteiger partial charge in [-0.1, -0.05) is 26.2 Å². The lowest BCUT2D eigenvalue weighted by atomic mass is 9.84. The molecule has 1 fully saturated rings. The van der Waals surface area contributed by atoms with E-state index in [9.17, 15) is 0 Å². The Kier molecular flexibility index (Phi) is 4.67. The molecule has 0 heterocycles. The van der Waals surface area contributed by atoms with Gasteiger partial charge in [-0.15, -0.1) is 0 Å². The van der Waals surface area contributed by atoms with E-state index in [-0.39, 0.29) is 0 Å². The van der Waals surface area contributed by atoms with Gasteiger partial charge in [0, 0.05) is 6.04 Å². The molecule has 1 atom stereocenters. The van der Waals surface area contributed by atoms with E-state index in [1.54, 1.807) is 0 Å². The quantitative estimate of drug-likeness (QED) is 0.682. The Balaban J connectivity index is 2.15. The summed E-state index contributed by atoms with van der Waals surface area (Å²) in [5.74, 6) is 0.963. The molecule has 1 heteroatoms. The van der Waals surface area contributed by atoms with Gasteiger partial charge in [0.2, 0.25) is 0 Å². The molecule has 0 aliphatic heterocycles. The average Bonchev–Trinajstić information content (AvgIpc) is 2.15. The summed E-state index contributed by atoms with van der Waals surface area (Å²) in [5.41, 5.74) is 0. The normalized spacial score (nSPS) is 22.5. The highest BCUT2D eigenvalue weighted by Gasteiger charge is 2.18. The predicted octanol–water partition coefficient (Wildman–Crippen LogP) is 2.95. The molecule has 0 radical (unpaired) electrons. The van der Waals surface area contributed by atoms with Gasteiger partial charge in [0.1, 0.15) is 0 Å². The van der Waals surface area contributed by atoms with Crippen molar-refractivity contribution in [3.05, 3.63) is 0 Å². The first kappa shape index (κ1) is 10.0. The third-order valence-electron chi connectivity index (χ3n) is 3.07. The molecule has 0 unspecified atom stereocenters. The van der Waals surface area contributed by atoms with Crippen molar-refractivity contribution in [1.29, 1.82) is 0 Å². The largest absolute Gasteiger partial charge is 0.314 e. The van der Waals surface area contributed by atoms with Crippen LogP contribution in [-0.2, 0) is 0 Å². The number of nitrogens with one attached hydrogen (secondary N) is 1. The Bertz CT molecular complexity index is 106. The number of hydrogen-bond acceptors (Lipinski definition) is 1. The topological polar surface area (TPSA) is 12.0 Å². The van der Waals surface area contributed by atoms with Gasteiger partial charge in [-0.3, -0.25) is 0 Å². The fourth-order valence-electron chi connectivity index (χ4n) is 2.17. The summed E-state index contributed by atoms with van der Waals surface area (Å²) in [5, 5.41) is 3.60. The van der Waals surface area contributed by atoms with Crippen molar-refractivity contribution < 1.29 is 0 Å². The zero-order valence-electron chi connectivity index (χ0n) is 8.60. The van der Waals surface area contributed by atoms with Crippen LogP contribution < -0.4 is 5.32 Å². The molecule has 0 bridgehead atoms. The van der Waals surface area contributed by atoms with Gasteiger partial charge in [-0.2, -0.15) is 0 Å². The van der Waals surface area contributed by atoms with Gasteiger partial charge in [0.05, 0.1) is 0 Å². The van der Waals surface area contributed by atoms with Crippen molar-refractivity contribution in [3.63, 3.8) is 0 Å². The highest BCUT2D eigenvalue weighted by molar-refractivity contribution is 4.75. The Morgan fingerprint density at radius 1 is 1.25 bits per heavy atom. The highest BCUT2D eigenvalue weighted by atomic mass is 14.9. The van der Waals surface area contributed by atoms with Crippen LogP contribution in [0.5, 0.6) is 0 Å². The predicted molar refractivity (Wildman–Crippen MR) is 54.3 cm³/mol. The van der Waals surface area contributed by atoms with Gasteiger partial charge in [-0.25, -0.2) is 0 Å². The lowest BCUT2D eigenvalue weighted by molar-refractivity contribution is 0.282. The van der Waals surface area contributed by atoms with Crippen LogP contribution in [0.4, 0.5) is 0 Å². The van der Waals surface area contributed by atoms with E-state index in [0.717, 1.165) is 12.0 Å². The molecule has 0 spiro atoms. The molecule has 1 N–H and O–H groups in total. The zero-order valence-corrected chi connectivity index (χ0v) is 8.60. The van der Waals surface area contributed by atoms with E-state index in [1.807, 2.05) is 0 Å². The van der Waals surface area contributed by atoms with Crippen LogP contribution in [0.15, 0.2) is 0 Å². The maximum absolute atomic E-state index is 3.60. The SMILES string of the molecule is CCCN[C@@H](C)C1CCCCC1. The molecule has 1 saturated carbocycles. The molecule has 12 heavy (non-hydrogen) atoms. The van der Waals surface area contributed by atoms with Crippen molar-refractivity contribution in [2.75, 3.05) is 6.54 Å². The number of rotatable bonds is 4. The van der Waals surface area contributed by atoms with Crippen LogP contribution in [0.2, 0.25) is 0 Å². The van der Waals surface area contributed by atoms with Crippen molar-refractivity contribution in [2.24, 2.45) is 5.92 Å². The lowest BCUT2D eigenvalue weighted by Gasteiger charge is -2.28. The molecule has 0 aromatic rings. The first-order valence-corrected chi connectivity index (χ1v) is 5.58. The van der Waals surface area contributed by atoms with E-state index in [4.69, 9.17) is 0 Å². The molecule has 1 aliphatic carbocycles. The highest BCUT2D eigenvalue weighted by Crippen LogP contribution is 2.26. The smallest absolute Gasteiger partial charge is 0.00669 e. The fraction of sp³-hybridized carbons (Fsp3) is 1.00. The van der Waals surface area contributed by atoms with E-state index in [1.165, 1.54) is 45.1 Å². The summed E-state index contributed by atoms with van der Waals surface area (Å²) < 4.78 is 0. The zero-order chi connectivity index (χ0) is 8.81.